The number of aliphatic hydroxyl groups is 1. The molecule has 6 nitrogen and oxygen atoms in total. The number of rotatable bonds is 6. The molecule has 0 bridgehead atoms. The van der Waals surface area contributed by atoms with E-state index in [9.17, 15) is 19.1 Å². The third-order valence-electron chi connectivity index (χ3n) is 5.31. The van der Waals surface area contributed by atoms with Crippen molar-refractivity contribution in [3.05, 3.63) is 100 Å². The van der Waals surface area contributed by atoms with E-state index in [2.05, 4.69) is 4.98 Å². The number of carbonyl (C=O) groups excluding carboxylic acids is 2. The van der Waals surface area contributed by atoms with Gasteiger partial charge >= 0.3 is 0 Å². The average molecular weight is 467 g/mol. The van der Waals surface area contributed by atoms with E-state index in [1.54, 1.807) is 30.5 Å². The van der Waals surface area contributed by atoms with Gasteiger partial charge in [0.2, 0.25) is 0 Å². The third kappa shape index (κ3) is 4.45. The Morgan fingerprint density at radius 1 is 1.18 bits per heavy atom. The first-order valence-corrected chi connectivity index (χ1v) is 10.6. The average Bonchev–Trinajstić information content (AvgIpc) is 3.07. The van der Waals surface area contributed by atoms with Gasteiger partial charge in [-0.25, -0.2) is 4.39 Å². The van der Waals surface area contributed by atoms with Gasteiger partial charge in [-0.1, -0.05) is 29.8 Å². The van der Waals surface area contributed by atoms with E-state index in [-0.39, 0.29) is 22.7 Å². The number of aromatic nitrogens is 1. The summed E-state index contributed by atoms with van der Waals surface area (Å²) >= 11 is 6.32. The summed E-state index contributed by atoms with van der Waals surface area (Å²) in [6.45, 7) is 2.25. The van der Waals surface area contributed by atoms with Crippen LogP contribution in [0.3, 0.4) is 0 Å². The summed E-state index contributed by atoms with van der Waals surface area (Å²) < 4.78 is 18.8. The van der Waals surface area contributed by atoms with E-state index < -0.39 is 29.3 Å². The fourth-order valence-electron chi connectivity index (χ4n) is 3.80. The zero-order valence-corrected chi connectivity index (χ0v) is 18.4. The van der Waals surface area contributed by atoms with Crippen LogP contribution in [0.2, 0.25) is 5.02 Å². The van der Waals surface area contributed by atoms with Crippen LogP contribution in [0.25, 0.3) is 5.76 Å². The van der Waals surface area contributed by atoms with Crippen molar-refractivity contribution in [3.8, 4) is 5.75 Å². The minimum Gasteiger partial charge on any atom is -0.507 e. The van der Waals surface area contributed by atoms with Gasteiger partial charge in [-0.15, -0.1) is 0 Å². The van der Waals surface area contributed by atoms with Crippen molar-refractivity contribution in [3.63, 3.8) is 0 Å². The Kier molecular flexibility index (Phi) is 6.42. The zero-order chi connectivity index (χ0) is 23.5. The van der Waals surface area contributed by atoms with Crippen LogP contribution in [-0.4, -0.2) is 33.3 Å². The SMILES string of the molecule is CCOc1ccc(Cl)c(/C(O)=C2\C(=O)C(=O)N(Cc3ccc(F)cc3)C2c2cccnc2)c1. The first kappa shape index (κ1) is 22.5. The van der Waals surface area contributed by atoms with Gasteiger partial charge in [0.05, 0.1) is 23.2 Å². The number of pyridine rings is 1. The molecule has 2 heterocycles. The first-order chi connectivity index (χ1) is 15.9. The van der Waals surface area contributed by atoms with E-state index in [0.717, 1.165) is 0 Å². The maximum Gasteiger partial charge on any atom is 0.295 e. The molecule has 1 saturated heterocycles. The van der Waals surface area contributed by atoms with Crippen molar-refractivity contribution in [2.45, 2.75) is 19.5 Å². The predicted octanol–water partition coefficient (Wildman–Crippen LogP) is 4.89. The van der Waals surface area contributed by atoms with Crippen molar-refractivity contribution < 1.29 is 23.8 Å². The lowest BCUT2D eigenvalue weighted by Crippen LogP contribution is -2.29. The van der Waals surface area contributed by atoms with Crippen molar-refractivity contribution >= 4 is 29.1 Å². The Morgan fingerprint density at radius 2 is 1.94 bits per heavy atom. The molecule has 8 heteroatoms. The molecule has 1 fully saturated rings. The van der Waals surface area contributed by atoms with Crippen molar-refractivity contribution in [2.24, 2.45) is 0 Å². The van der Waals surface area contributed by atoms with Gasteiger partial charge in [0.25, 0.3) is 11.7 Å². The van der Waals surface area contributed by atoms with Crippen LogP contribution < -0.4 is 4.74 Å². The lowest BCUT2D eigenvalue weighted by atomic mass is 9.96. The summed E-state index contributed by atoms with van der Waals surface area (Å²) in [5.74, 6) is -1.99. The summed E-state index contributed by atoms with van der Waals surface area (Å²) in [4.78, 5) is 31.6. The molecule has 0 spiro atoms. The maximum absolute atomic E-state index is 13.4. The molecule has 1 atom stereocenters. The summed E-state index contributed by atoms with van der Waals surface area (Å²) in [7, 11) is 0. The Balaban J connectivity index is 1.85. The molecule has 4 rings (SSSR count). The summed E-state index contributed by atoms with van der Waals surface area (Å²) in [6.07, 6.45) is 3.10. The number of nitrogens with zero attached hydrogens (tertiary/aromatic N) is 2. The molecule has 2 aromatic carbocycles. The lowest BCUT2D eigenvalue weighted by Gasteiger charge is -2.25. The van der Waals surface area contributed by atoms with Gasteiger partial charge in [0, 0.05) is 24.5 Å². The topological polar surface area (TPSA) is 79.7 Å². The first-order valence-electron chi connectivity index (χ1n) is 10.3. The van der Waals surface area contributed by atoms with Crippen LogP contribution in [0.15, 0.2) is 72.6 Å². The normalized spacial score (nSPS) is 17.4. The third-order valence-corrected chi connectivity index (χ3v) is 5.64. The number of ketones is 1. The smallest absolute Gasteiger partial charge is 0.295 e. The number of amides is 1. The standard InChI is InChI=1S/C25H20ClFN2O4/c1-2-33-18-9-10-20(26)19(12-18)23(30)21-22(16-4-3-11-28-13-16)29(25(32)24(21)31)14-15-5-7-17(27)8-6-15/h3-13,22,30H,2,14H2,1H3/b23-21+. The number of halogens is 2. The monoisotopic (exact) mass is 466 g/mol. The highest BCUT2D eigenvalue weighted by atomic mass is 35.5. The molecule has 3 aromatic rings. The molecule has 0 saturated carbocycles. The highest BCUT2D eigenvalue weighted by Gasteiger charge is 2.46. The largest absolute Gasteiger partial charge is 0.507 e. The summed E-state index contributed by atoms with van der Waals surface area (Å²) in [5, 5.41) is 11.4. The van der Waals surface area contributed by atoms with Crippen LogP contribution in [0.5, 0.6) is 5.75 Å². The zero-order valence-electron chi connectivity index (χ0n) is 17.7. The molecule has 1 aliphatic heterocycles. The Labute approximate surface area is 194 Å². The van der Waals surface area contributed by atoms with Crippen LogP contribution in [-0.2, 0) is 16.1 Å². The molecular weight excluding hydrogens is 447 g/mol. The van der Waals surface area contributed by atoms with Gasteiger partial charge in [-0.3, -0.25) is 14.6 Å². The number of carbonyl (C=O) groups is 2. The van der Waals surface area contributed by atoms with Crippen LogP contribution in [0, 0.1) is 5.82 Å². The van der Waals surface area contributed by atoms with E-state index in [1.165, 1.54) is 41.4 Å². The van der Waals surface area contributed by atoms with Crippen LogP contribution >= 0.6 is 11.6 Å². The van der Waals surface area contributed by atoms with Crippen molar-refractivity contribution in [1.29, 1.82) is 0 Å². The summed E-state index contributed by atoms with van der Waals surface area (Å²) in [5.41, 5.74) is 1.24. The number of hydrogen-bond acceptors (Lipinski definition) is 5. The second kappa shape index (κ2) is 9.42. The van der Waals surface area contributed by atoms with Crippen molar-refractivity contribution in [2.75, 3.05) is 6.61 Å². The number of aliphatic hydroxyl groups excluding tert-OH is 1. The van der Waals surface area contributed by atoms with E-state index in [4.69, 9.17) is 16.3 Å². The van der Waals surface area contributed by atoms with E-state index in [0.29, 0.717) is 23.5 Å². The van der Waals surface area contributed by atoms with E-state index in [1.807, 2.05) is 6.92 Å². The second-order valence-electron chi connectivity index (χ2n) is 7.41. The van der Waals surface area contributed by atoms with Gasteiger partial charge in [0.1, 0.15) is 17.3 Å². The molecule has 33 heavy (non-hydrogen) atoms. The number of Topliss-reactive ketones (excluding diaryl/α,β-unsaturated/α-hetero) is 1. The minimum absolute atomic E-state index is 0.0356. The van der Waals surface area contributed by atoms with E-state index >= 15 is 0 Å². The number of likely N-dealkylation sites (tertiary alicyclic amines) is 1. The Morgan fingerprint density at radius 3 is 2.61 bits per heavy atom. The molecule has 1 amide bonds. The molecule has 1 unspecified atom stereocenters. The molecule has 1 aromatic heterocycles. The molecule has 1 aliphatic rings. The maximum atomic E-state index is 13.4. The van der Waals surface area contributed by atoms with Gasteiger partial charge in [-0.05, 0) is 54.4 Å². The van der Waals surface area contributed by atoms with Crippen LogP contribution in [0.1, 0.15) is 29.7 Å². The lowest BCUT2D eigenvalue weighted by molar-refractivity contribution is -0.140. The fraction of sp³-hybridized carbons (Fsp3) is 0.160. The minimum atomic E-state index is -0.907. The molecule has 0 aliphatic carbocycles. The van der Waals surface area contributed by atoms with Gasteiger partial charge < -0.3 is 14.7 Å². The highest BCUT2D eigenvalue weighted by Crippen LogP contribution is 2.41. The molecule has 0 radical (unpaired) electrons. The van der Waals surface area contributed by atoms with Crippen LogP contribution in [0.4, 0.5) is 4.39 Å². The van der Waals surface area contributed by atoms with Gasteiger partial charge in [0.15, 0.2) is 0 Å². The molecular formula is C25H20ClFN2O4. The Hall–Kier alpha value is -3.71. The predicted molar refractivity (Wildman–Crippen MR) is 121 cm³/mol. The second-order valence-corrected chi connectivity index (χ2v) is 7.82. The number of hydrogen-bond donors (Lipinski definition) is 1. The van der Waals surface area contributed by atoms with Gasteiger partial charge in [-0.2, -0.15) is 0 Å². The number of ether oxygens (including phenoxy) is 1. The Bertz CT molecular complexity index is 1230. The van der Waals surface area contributed by atoms with Crippen molar-refractivity contribution in [1.82, 2.24) is 9.88 Å². The molecule has 168 valence electrons. The highest BCUT2D eigenvalue weighted by molar-refractivity contribution is 6.47. The molecule has 1 N–H and O–H groups in total. The quantitative estimate of drug-likeness (QED) is 0.318. The fourth-order valence-corrected chi connectivity index (χ4v) is 4.01. The summed E-state index contributed by atoms with van der Waals surface area (Å²) in [6, 6.07) is 12.8. The number of benzene rings is 2.